The van der Waals surface area contributed by atoms with E-state index in [9.17, 15) is 13.0 Å². The highest BCUT2D eigenvalue weighted by Crippen LogP contribution is 2.22. The molecule has 1 aromatic carbocycles. The lowest BCUT2D eigenvalue weighted by molar-refractivity contribution is -0.669. The summed E-state index contributed by atoms with van der Waals surface area (Å²) in [5.74, 6) is 0.803. The number of allylic oxidation sites excluding steroid dienone is 1. The molecule has 0 amide bonds. The number of hydrogen-bond donors (Lipinski definition) is 0. The van der Waals surface area contributed by atoms with Crippen LogP contribution < -0.4 is 4.57 Å². The molecule has 0 saturated heterocycles. The van der Waals surface area contributed by atoms with Crippen molar-refractivity contribution in [2.24, 2.45) is 0 Å². The zero-order chi connectivity index (χ0) is 17.0. The number of aromatic nitrogens is 1. The Bertz CT molecular complexity index is 809. The molecule has 1 aromatic heterocycles. The van der Waals surface area contributed by atoms with E-state index in [1.807, 2.05) is 48.8 Å². The van der Waals surface area contributed by atoms with E-state index in [4.69, 9.17) is 4.74 Å². The zero-order valence-electron chi connectivity index (χ0n) is 13.5. The third kappa shape index (κ3) is 4.53. The van der Waals surface area contributed by atoms with Gasteiger partial charge in [-0.3, -0.25) is 0 Å². The van der Waals surface area contributed by atoms with Crippen molar-refractivity contribution in [1.29, 1.82) is 0 Å². The van der Waals surface area contributed by atoms with Crippen LogP contribution in [0.5, 0.6) is 0 Å². The highest BCUT2D eigenvalue weighted by atomic mass is 32.2. The van der Waals surface area contributed by atoms with Gasteiger partial charge in [0.25, 0.3) is 5.01 Å². The van der Waals surface area contributed by atoms with Gasteiger partial charge < -0.3 is 9.29 Å². The third-order valence-corrected chi connectivity index (χ3v) is 5.92. The first kappa shape index (κ1) is 17.9. The largest absolute Gasteiger partial charge is 0.748 e. The average Bonchev–Trinajstić information content (AvgIpc) is 2.81. The zero-order valence-corrected chi connectivity index (χ0v) is 15.1. The summed E-state index contributed by atoms with van der Waals surface area (Å²) in [6.07, 6.45) is 2.23. The minimum absolute atomic E-state index is 0.283. The van der Waals surface area contributed by atoms with Crippen LogP contribution in [0, 0.1) is 0 Å². The fraction of sp³-hybridized carbons (Fsp3) is 0.438. The molecule has 0 radical (unpaired) electrons. The molecule has 126 valence electrons. The number of hydrogen-bond acceptors (Lipinski definition) is 5. The summed E-state index contributed by atoms with van der Waals surface area (Å²) >= 11 is 1.62. The first-order valence-electron chi connectivity index (χ1n) is 7.50. The van der Waals surface area contributed by atoms with Gasteiger partial charge >= 0.3 is 0 Å². The first-order chi connectivity index (χ1) is 10.8. The smallest absolute Gasteiger partial charge is 0.266 e. The number of ether oxygens (including phenoxy) is 1. The lowest BCUT2D eigenvalue weighted by Crippen LogP contribution is -2.37. The monoisotopic (exact) mass is 355 g/mol. The van der Waals surface area contributed by atoms with Crippen molar-refractivity contribution in [2.75, 3.05) is 6.61 Å². The van der Waals surface area contributed by atoms with Crippen LogP contribution >= 0.6 is 11.3 Å². The fourth-order valence-electron chi connectivity index (χ4n) is 2.29. The summed E-state index contributed by atoms with van der Waals surface area (Å²) in [7, 11) is -4.25. The highest BCUT2D eigenvalue weighted by Gasteiger charge is 2.21. The van der Waals surface area contributed by atoms with E-state index in [2.05, 4.69) is 0 Å². The van der Waals surface area contributed by atoms with Crippen LogP contribution in [0.15, 0.2) is 30.0 Å². The normalized spacial score (nSPS) is 14.2. The summed E-state index contributed by atoms with van der Waals surface area (Å²) in [5, 5.41) is 0.0751. The van der Waals surface area contributed by atoms with E-state index >= 15 is 0 Å². The Labute approximate surface area is 141 Å². The van der Waals surface area contributed by atoms with Crippen molar-refractivity contribution in [2.45, 2.75) is 39.0 Å². The Kier molecular flexibility index (Phi) is 5.78. The Morgan fingerprint density at radius 1 is 1.43 bits per heavy atom. The average molecular weight is 355 g/mol. The molecule has 0 aliphatic rings. The van der Waals surface area contributed by atoms with Crippen molar-refractivity contribution < 1.29 is 22.3 Å². The number of para-hydroxylation sites is 1. The van der Waals surface area contributed by atoms with Crippen molar-refractivity contribution in [3.05, 3.63) is 35.0 Å². The second kappa shape index (κ2) is 7.42. The molecule has 0 bridgehead atoms. The van der Waals surface area contributed by atoms with Crippen molar-refractivity contribution in [1.82, 2.24) is 0 Å². The molecule has 0 fully saturated rings. The molecule has 0 N–H and O–H groups in total. The Hall–Kier alpha value is -1.44. The van der Waals surface area contributed by atoms with Gasteiger partial charge in [-0.05, 0) is 26.8 Å². The topological polar surface area (TPSA) is 70.3 Å². The van der Waals surface area contributed by atoms with Gasteiger partial charge in [-0.1, -0.05) is 23.5 Å². The summed E-state index contributed by atoms with van der Waals surface area (Å²) in [5.41, 5.74) is 1.03. The van der Waals surface area contributed by atoms with Gasteiger partial charge in [0, 0.05) is 12.5 Å². The summed E-state index contributed by atoms with van der Waals surface area (Å²) in [4.78, 5) is 0. The van der Waals surface area contributed by atoms with Crippen LogP contribution in [0.4, 0.5) is 0 Å². The highest BCUT2D eigenvalue weighted by molar-refractivity contribution is 7.86. The first-order valence-corrected chi connectivity index (χ1v) is 9.79. The van der Waals surface area contributed by atoms with Crippen molar-refractivity contribution >= 4 is 37.7 Å². The molecule has 1 atom stereocenters. The molecule has 2 rings (SSSR count). The van der Waals surface area contributed by atoms with Crippen LogP contribution in [0.1, 0.15) is 32.2 Å². The van der Waals surface area contributed by atoms with Gasteiger partial charge in [-0.2, -0.15) is 4.57 Å². The van der Waals surface area contributed by atoms with E-state index in [-0.39, 0.29) is 6.42 Å². The molecular formula is C16H21NO4S2. The fourth-order valence-corrected chi connectivity index (χ4v) is 3.86. The summed E-state index contributed by atoms with van der Waals surface area (Å²) in [6.45, 7) is 6.34. The summed E-state index contributed by atoms with van der Waals surface area (Å²) in [6, 6.07) is 7.94. The van der Waals surface area contributed by atoms with Crippen LogP contribution in [0.25, 0.3) is 16.3 Å². The molecule has 0 spiro atoms. The van der Waals surface area contributed by atoms with Gasteiger partial charge in [-0.25, -0.2) is 8.42 Å². The number of rotatable bonds is 7. The number of thiazole rings is 1. The van der Waals surface area contributed by atoms with Crippen LogP contribution in [0.2, 0.25) is 0 Å². The minimum Gasteiger partial charge on any atom is -0.748 e. The van der Waals surface area contributed by atoms with Gasteiger partial charge in [0.1, 0.15) is 10.5 Å². The second-order valence-corrected chi connectivity index (χ2v) is 8.19. The molecule has 5 nitrogen and oxygen atoms in total. The third-order valence-electron chi connectivity index (χ3n) is 3.59. The predicted molar refractivity (Wildman–Crippen MR) is 91.1 cm³/mol. The van der Waals surface area contributed by atoms with Gasteiger partial charge in [0.05, 0.1) is 28.1 Å². The van der Waals surface area contributed by atoms with E-state index in [0.717, 1.165) is 21.0 Å². The minimum atomic E-state index is -4.25. The standard InChI is InChI=1S/C16H21NO4S2/c1-4-21-12(2)11-16-17(10-9-13(3)23(18,19)20)14-7-5-6-8-15(14)22-16/h5-8,11,13H,4,9-10H2,1-3H3. The van der Waals surface area contributed by atoms with Gasteiger partial charge in [0.2, 0.25) is 5.52 Å². The maximum atomic E-state index is 11.1. The molecule has 1 heterocycles. The number of aryl methyl sites for hydroxylation is 1. The van der Waals surface area contributed by atoms with E-state index < -0.39 is 15.4 Å². The lowest BCUT2D eigenvalue weighted by atomic mass is 10.3. The maximum Gasteiger partial charge on any atom is 0.266 e. The molecule has 2 aromatic rings. The van der Waals surface area contributed by atoms with E-state index in [1.54, 1.807) is 11.3 Å². The van der Waals surface area contributed by atoms with Crippen LogP contribution in [-0.2, 0) is 21.4 Å². The molecule has 23 heavy (non-hydrogen) atoms. The molecule has 0 aliphatic heterocycles. The SMILES string of the molecule is CCOC(C)=Cc1sc2ccccc2[n+]1CCC(C)S(=O)(=O)[O-]. The Balaban J connectivity index is 2.37. The molecule has 0 saturated carbocycles. The van der Waals surface area contributed by atoms with Crippen LogP contribution in [0.3, 0.4) is 0 Å². The van der Waals surface area contributed by atoms with Gasteiger partial charge in [0.15, 0.2) is 6.54 Å². The molecule has 0 aliphatic carbocycles. The second-order valence-electron chi connectivity index (χ2n) is 5.34. The molecular weight excluding hydrogens is 334 g/mol. The summed E-state index contributed by atoms with van der Waals surface area (Å²) < 4.78 is 42.0. The Morgan fingerprint density at radius 2 is 2.13 bits per heavy atom. The number of nitrogens with zero attached hydrogens (tertiary/aromatic N) is 1. The van der Waals surface area contributed by atoms with Crippen LogP contribution in [-0.4, -0.2) is 24.8 Å². The maximum absolute atomic E-state index is 11.1. The van der Waals surface area contributed by atoms with E-state index in [1.165, 1.54) is 6.92 Å². The molecule has 7 heteroatoms. The number of benzene rings is 1. The predicted octanol–water partition coefficient (Wildman–Crippen LogP) is 2.91. The van der Waals surface area contributed by atoms with Crippen molar-refractivity contribution in [3.63, 3.8) is 0 Å². The van der Waals surface area contributed by atoms with Gasteiger partial charge in [-0.15, -0.1) is 0 Å². The number of fused-ring (bicyclic) bond motifs is 1. The van der Waals surface area contributed by atoms with E-state index in [0.29, 0.717) is 13.2 Å². The van der Waals surface area contributed by atoms with Crippen molar-refractivity contribution in [3.8, 4) is 0 Å². The molecule has 1 unspecified atom stereocenters. The lowest BCUT2D eigenvalue weighted by Gasteiger charge is -2.13. The Morgan fingerprint density at radius 3 is 2.78 bits per heavy atom. The quantitative estimate of drug-likeness (QED) is 0.435.